The van der Waals surface area contributed by atoms with Crippen LogP contribution in [0, 0.1) is 11.7 Å². The molecule has 1 aromatic carbocycles. The topological polar surface area (TPSA) is 66.5 Å². The molecule has 0 saturated heterocycles. The largest absolute Gasteiger partial charge is 0.356 e. The van der Waals surface area contributed by atoms with Crippen molar-refractivity contribution >= 4 is 15.9 Å². The van der Waals surface area contributed by atoms with Gasteiger partial charge in [0.2, 0.25) is 15.9 Å². The van der Waals surface area contributed by atoms with Crippen LogP contribution in [0.25, 0.3) is 0 Å². The summed E-state index contributed by atoms with van der Waals surface area (Å²) in [6.45, 7) is 4.64. The Morgan fingerprint density at radius 3 is 2.52 bits per heavy atom. The van der Waals surface area contributed by atoms with Gasteiger partial charge in [0, 0.05) is 31.6 Å². The van der Waals surface area contributed by atoms with Crippen LogP contribution in [0.15, 0.2) is 24.3 Å². The number of nitrogens with zero attached hydrogens (tertiary/aromatic N) is 1. The van der Waals surface area contributed by atoms with Crippen LogP contribution in [0.5, 0.6) is 0 Å². The van der Waals surface area contributed by atoms with E-state index in [9.17, 15) is 17.6 Å². The normalized spacial score (nSPS) is 11.9. The van der Waals surface area contributed by atoms with Crippen molar-refractivity contribution in [2.75, 3.05) is 19.3 Å². The predicted molar refractivity (Wildman–Crippen MR) is 88.7 cm³/mol. The summed E-state index contributed by atoms with van der Waals surface area (Å²) >= 11 is 0. The van der Waals surface area contributed by atoms with Gasteiger partial charge in [-0.25, -0.2) is 12.8 Å². The summed E-state index contributed by atoms with van der Waals surface area (Å²) in [6.07, 6.45) is 1.99. The van der Waals surface area contributed by atoms with Crippen LogP contribution in [0.2, 0.25) is 0 Å². The van der Waals surface area contributed by atoms with Crippen molar-refractivity contribution in [3.05, 3.63) is 35.6 Å². The minimum Gasteiger partial charge on any atom is -0.356 e. The zero-order chi connectivity index (χ0) is 17.5. The molecular weight excluding hydrogens is 319 g/mol. The number of sulfonamides is 1. The molecule has 0 atom stereocenters. The highest BCUT2D eigenvalue weighted by Gasteiger charge is 2.19. The molecule has 0 unspecified atom stereocenters. The van der Waals surface area contributed by atoms with Gasteiger partial charge in [-0.15, -0.1) is 0 Å². The van der Waals surface area contributed by atoms with Gasteiger partial charge < -0.3 is 5.32 Å². The molecule has 1 N–H and O–H groups in total. The third-order valence-corrected chi connectivity index (χ3v) is 4.66. The number of nitrogens with one attached hydrogen (secondary N) is 1. The van der Waals surface area contributed by atoms with Crippen LogP contribution in [0.3, 0.4) is 0 Å². The fraction of sp³-hybridized carbons (Fsp3) is 0.562. The summed E-state index contributed by atoms with van der Waals surface area (Å²) in [5, 5.41) is 2.76. The van der Waals surface area contributed by atoms with E-state index >= 15 is 0 Å². The van der Waals surface area contributed by atoms with Gasteiger partial charge in [0.05, 0.1) is 6.26 Å². The predicted octanol–water partition coefficient (Wildman–Crippen LogP) is 2.14. The minimum atomic E-state index is -3.52. The van der Waals surface area contributed by atoms with Crippen molar-refractivity contribution in [1.29, 1.82) is 0 Å². The summed E-state index contributed by atoms with van der Waals surface area (Å²) < 4.78 is 38.5. The van der Waals surface area contributed by atoms with Crippen LogP contribution >= 0.6 is 0 Å². The van der Waals surface area contributed by atoms with Crippen molar-refractivity contribution in [2.45, 2.75) is 33.2 Å². The highest BCUT2D eigenvalue weighted by Crippen LogP contribution is 2.12. The molecule has 0 fully saturated rings. The van der Waals surface area contributed by atoms with Crippen molar-refractivity contribution < 1.29 is 17.6 Å². The lowest BCUT2D eigenvalue weighted by Gasteiger charge is -2.20. The number of halogens is 1. The maximum absolute atomic E-state index is 13.7. The minimum absolute atomic E-state index is 0.0285. The van der Waals surface area contributed by atoms with Crippen molar-refractivity contribution in [1.82, 2.24) is 9.62 Å². The quantitative estimate of drug-likeness (QED) is 0.746. The molecule has 0 aliphatic heterocycles. The van der Waals surface area contributed by atoms with Crippen LogP contribution in [-0.2, 0) is 21.4 Å². The van der Waals surface area contributed by atoms with E-state index in [1.807, 2.05) is 0 Å². The second kappa shape index (κ2) is 8.98. The van der Waals surface area contributed by atoms with Crippen LogP contribution in [0.4, 0.5) is 4.39 Å². The molecule has 5 nitrogen and oxygen atoms in total. The van der Waals surface area contributed by atoms with E-state index < -0.39 is 15.8 Å². The third kappa shape index (κ3) is 7.56. The summed E-state index contributed by atoms with van der Waals surface area (Å²) in [4.78, 5) is 11.8. The monoisotopic (exact) mass is 344 g/mol. The number of rotatable bonds is 9. The van der Waals surface area contributed by atoms with Gasteiger partial charge >= 0.3 is 0 Å². The molecule has 0 aromatic heterocycles. The lowest BCUT2D eigenvalue weighted by molar-refractivity contribution is -0.121. The average molecular weight is 344 g/mol. The number of benzene rings is 1. The van der Waals surface area contributed by atoms with Crippen LogP contribution in [-0.4, -0.2) is 38.0 Å². The summed E-state index contributed by atoms with van der Waals surface area (Å²) in [7, 11) is -3.52. The second-order valence-electron chi connectivity index (χ2n) is 5.97. The molecule has 1 rings (SSSR count). The Balaban J connectivity index is 2.60. The highest BCUT2D eigenvalue weighted by atomic mass is 32.2. The Hall–Kier alpha value is -1.47. The molecule has 0 saturated carbocycles. The van der Waals surface area contributed by atoms with Crippen LogP contribution < -0.4 is 5.32 Å². The van der Waals surface area contributed by atoms with Crippen molar-refractivity contribution in [3.63, 3.8) is 0 Å². The van der Waals surface area contributed by atoms with E-state index in [1.54, 1.807) is 12.1 Å². The number of hydrogen-bond acceptors (Lipinski definition) is 3. The molecule has 1 aromatic rings. The zero-order valence-corrected chi connectivity index (χ0v) is 14.7. The van der Waals surface area contributed by atoms with Crippen molar-refractivity contribution in [2.24, 2.45) is 5.92 Å². The van der Waals surface area contributed by atoms with Gasteiger partial charge in [-0.05, 0) is 18.4 Å². The smallest absolute Gasteiger partial charge is 0.221 e. The molecule has 130 valence electrons. The lowest BCUT2D eigenvalue weighted by Crippen LogP contribution is -2.34. The molecule has 0 bridgehead atoms. The fourth-order valence-corrected chi connectivity index (χ4v) is 2.79. The van der Waals surface area contributed by atoms with Gasteiger partial charge in [0.25, 0.3) is 0 Å². The standard InChI is InChI=1S/C16H25FN2O3S/c1-13(2)8-10-18-16(20)9-11-19(23(3,21)22)12-14-6-4-5-7-15(14)17/h4-7,13H,8-12H2,1-3H3,(H,18,20). The molecule has 0 aliphatic carbocycles. The molecule has 0 heterocycles. The van der Waals surface area contributed by atoms with Gasteiger partial charge in [0.15, 0.2) is 0 Å². The summed E-state index contributed by atoms with van der Waals surface area (Å²) in [5.41, 5.74) is 0.290. The van der Waals surface area contributed by atoms with Gasteiger partial charge in [-0.3, -0.25) is 4.79 Å². The second-order valence-corrected chi connectivity index (χ2v) is 7.95. The van der Waals surface area contributed by atoms with E-state index in [1.165, 1.54) is 12.1 Å². The third-order valence-electron chi connectivity index (χ3n) is 3.41. The van der Waals surface area contributed by atoms with E-state index in [0.717, 1.165) is 17.0 Å². The van der Waals surface area contributed by atoms with E-state index in [2.05, 4.69) is 19.2 Å². The van der Waals surface area contributed by atoms with Crippen LogP contribution in [0.1, 0.15) is 32.3 Å². The van der Waals surface area contributed by atoms with Gasteiger partial charge in [0.1, 0.15) is 5.82 Å². The summed E-state index contributed by atoms with van der Waals surface area (Å²) in [5.74, 6) is -0.167. The molecule has 7 heteroatoms. The molecule has 0 spiro atoms. The van der Waals surface area contributed by atoms with Crippen molar-refractivity contribution in [3.8, 4) is 0 Å². The SMILES string of the molecule is CC(C)CCNC(=O)CCN(Cc1ccccc1F)S(C)(=O)=O. The van der Waals surface area contributed by atoms with E-state index in [4.69, 9.17) is 0 Å². The molecule has 1 amide bonds. The van der Waals surface area contributed by atoms with Gasteiger partial charge in [-0.2, -0.15) is 4.31 Å². The molecule has 23 heavy (non-hydrogen) atoms. The molecular formula is C16H25FN2O3S. The maximum atomic E-state index is 13.7. The first-order valence-corrected chi connectivity index (χ1v) is 9.50. The Bertz CT molecular complexity index is 618. The first-order valence-electron chi connectivity index (χ1n) is 7.65. The number of carbonyl (C=O) groups is 1. The Morgan fingerprint density at radius 2 is 1.96 bits per heavy atom. The summed E-state index contributed by atoms with van der Waals surface area (Å²) in [6, 6.07) is 6.02. The average Bonchev–Trinajstić information content (AvgIpc) is 2.43. The Morgan fingerprint density at radius 1 is 1.30 bits per heavy atom. The van der Waals surface area contributed by atoms with Gasteiger partial charge in [-0.1, -0.05) is 32.0 Å². The number of carbonyl (C=O) groups excluding carboxylic acids is 1. The fourth-order valence-electron chi connectivity index (χ4n) is 1.99. The first-order chi connectivity index (χ1) is 10.7. The number of hydrogen-bond donors (Lipinski definition) is 1. The zero-order valence-electron chi connectivity index (χ0n) is 13.9. The Labute approximate surface area is 137 Å². The Kier molecular flexibility index (Phi) is 7.64. The van der Waals surface area contributed by atoms with E-state index in [0.29, 0.717) is 12.5 Å². The molecule has 0 radical (unpaired) electrons. The number of amides is 1. The lowest BCUT2D eigenvalue weighted by atomic mass is 10.1. The van der Waals surface area contributed by atoms with E-state index in [-0.39, 0.29) is 31.0 Å². The highest BCUT2D eigenvalue weighted by molar-refractivity contribution is 7.88. The maximum Gasteiger partial charge on any atom is 0.221 e. The molecule has 0 aliphatic rings. The first kappa shape index (κ1) is 19.6.